The Morgan fingerprint density at radius 1 is 1.09 bits per heavy atom. The molecule has 0 amide bonds. The number of halogens is 1. The smallest absolute Gasteiger partial charge is 0.219 e. The Bertz CT molecular complexity index is 659. The van der Waals surface area contributed by atoms with Crippen molar-refractivity contribution in [2.24, 2.45) is 4.99 Å². The molecule has 0 aliphatic heterocycles. The number of ether oxygens (including phenoxy) is 1. The minimum absolute atomic E-state index is 0.298. The molecule has 0 unspecified atom stereocenters. The third kappa shape index (κ3) is 4.95. The maximum Gasteiger partial charge on any atom is 0.219 e. The van der Waals surface area contributed by atoms with Crippen molar-refractivity contribution < 1.29 is 9.13 Å². The van der Waals surface area contributed by atoms with Crippen LogP contribution in [0, 0.1) is 5.82 Å². The lowest BCUT2D eigenvalue weighted by molar-refractivity contribution is 0.460. The van der Waals surface area contributed by atoms with E-state index in [1.165, 1.54) is 12.1 Å². The van der Waals surface area contributed by atoms with Gasteiger partial charge in [-0.2, -0.15) is 0 Å². The summed E-state index contributed by atoms with van der Waals surface area (Å²) in [6.45, 7) is 0.522. The summed E-state index contributed by atoms with van der Waals surface area (Å²) in [5, 5.41) is 0. The van der Waals surface area contributed by atoms with Gasteiger partial charge in [0.1, 0.15) is 11.6 Å². The lowest BCUT2D eigenvalue weighted by Gasteiger charge is -2.22. The second-order valence-electron chi connectivity index (χ2n) is 5.46. The van der Waals surface area contributed by atoms with E-state index in [0.717, 1.165) is 11.5 Å². The largest absolute Gasteiger partial charge is 0.439 e. The van der Waals surface area contributed by atoms with Gasteiger partial charge in [0, 0.05) is 40.5 Å². The Morgan fingerprint density at radius 2 is 1.74 bits per heavy atom. The summed E-state index contributed by atoms with van der Waals surface area (Å²) in [6.07, 6.45) is 1.68. The maximum absolute atomic E-state index is 12.9. The number of guanidine groups is 1. The second-order valence-corrected chi connectivity index (χ2v) is 5.46. The molecule has 6 heteroatoms. The SMILES string of the molecule is CN(C)C(=NCc1ccnc(Oc2ccc(F)cc2)c1)N(C)C. The van der Waals surface area contributed by atoms with E-state index in [9.17, 15) is 4.39 Å². The highest BCUT2D eigenvalue weighted by Crippen LogP contribution is 2.20. The van der Waals surface area contributed by atoms with Crippen LogP contribution in [0.3, 0.4) is 0 Å². The highest BCUT2D eigenvalue weighted by molar-refractivity contribution is 5.79. The molecular formula is C17H21FN4O. The summed E-state index contributed by atoms with van der Waals surface area (Å²) >= 11 is 0. The topological polar surface area (TPSA) is 41.0 Å². The molecule has 1 aromatic heterocycles. The van der Waals surface area contributed by atoms with Crippen molar-refractivity contribution in [1.29, 1.82) is 0 Å². The molecule has 0 radical (unpaired) electrons. The molecule has 0 N–H and O–H groups in total. The van der Waals surface area contributed by atoms with Gasteiger partial charge in [-0.05, 0) is 35.9 Å². The number of hydrogen-bond acceptors (Lipinski definition) is 3. The van der Waals surface area contributed by atoms with Crippen molar-refractivity contribution in [3.05, 3.63) is 54.0 Å². The zero-order valence-electron chi connectivity index (χ0n) is 13.8. The molecule has 0 aliphatic rings. The Balaban J connectivity index is 2.10. The van der Waals surface area contributed by atoms with Crippen LogP contribution in [0.2, 0.25) is 0 Å². The second kappa shape index (κ2) is 7.58. The Hall–Kier alpha value is -2.63. The van der Waals surface area contributed by atoms with E-state index in [2.05, 4.69) is 9.98 Å². The summed E-state index contributed by atoms with van der Waals surface area (Å²) < 4.78 is 18.5. The first-order chi connectivity index (χ1) is 11.0. The highest BCUT2D eigenvalue weighted by atomic mass is 19.1. The fraction of sp³-hybridized carbons (Fsp3) is 0.294. The van der Waals surface area contributed by atoms with Crippen molar-refractivity contribution in [3.63, 3.8) is 0 Å². The van der Waals surface area contributed by atoms with Crippen LogP contribution in [0.1, 0.15) is 5.56 Å². The van der Waals surface area contributed by atoms with Gasteiger partial charge >= 0.3 is 0 Å². The van der Waals surface area contributed by atoms with Crippen LogP contribution >= 0.6 is 0 Å². The molecular weight excluding hydrogens is 295 g/mol. The molecule has 0 fully saturated rings. The molecule has 2 rings (SSSR count). The highest BCUT2D eigenvalue weighted by Gasteiger charge is 2.05. The Kier molecular flexibility index (Phi) is 5.51. The van der Waals surface area contributed by atoms with E-state index in [0.29, 0.717) is 18.2 Å². The molecule has 0 saturated heterocycles. The standard InChI is InChI=1S/C17H21FN4O/c1-21(2)17(22(3)4)20-12-13-9-10-19-16(11-13)23-15-7-5-14(18)6-8-15/h5-11H,12H2,1-4H3. The minimum atomic E-state index is -0.298. The average molecular weight is 316 g/mol. The zero-order valence-corrected chi connectivity index (χ0v) is 13.8. The lowest BCUT2D eigenvalue weighted by atomic mass is 10.2. The fourth-order valence-corrected chi connectivity index (χ4v) is 2.07. The van der Waals surface area contributed by atoms with Gasteiger partial charge in [-0.25, -0.2) is 14.4 Å². The van der Waals surface area contributed by atoms with Crippen LogP contribution in [-0.2, 0) is 6.54 Å². The molecule has 1 aromatic carbocycles. The van der Waals surface area contributed by atoms with Crippen LogP contribution in [0.4, 0.5) is 4.39 Å². The maximum atomic E-state index is 12.9. The van der Waals surface area contributed by atoms with Gasteiger partial charge in [-0.3, -0.25) is 0 Å². The molecule has 0 spiro atoms. The quantitative estimate of drug-likeness (QED) is 0.642. The van der Waals surface area contributed by atoms with Crippen molar-refractivity contribution in [2.45, 2.75) is 6.54 Å². The van der Waals surface area contributed by atoms with Crippen LogP contribution in [0.15, 0.2) is 47.6 Å². The summed E-state index contributed by atoms with van der Waals surface area (Å²) in [7, 11) is 7.81. The summed E-state index contributed by atoms with van der Waals surface area (Å²) in [5.41, 5.74) is 0.985. The van der Waals surface area contributed by atoms with Crippen molar-refractivity contribution >= 4 is 5.96 Å². The number of nitrogens with zero attached hydrogens (tertiary/aromatic N) is 4. The summed E-state index contributed by atoms with van der Waals surface area (Å²) in [6, 6.07) is 9.56. The predicted octanol–water partition coefficient (Wildman–Crippen LogP) is 2.99. The number of pyridine rings is 1. The van der Waals surface area contributed by atoms with Gasteiger partial charge < -0.3 is 14.5 Å². The number of aromatic nitrogens is 1. The van der Waals surface area contributed by atoms with Gasteiger partial charge in [0.05, 0.1) is 6.54 Å². The van der Waals surface area contributed by atoms with Crippen molar-refractivity contribution in [1.82, 2.24) is 14.8 Å². The predicted molar refractivity (Wildman–Crippen MR) is 89.2 cm³/mol. The van der Waals surface area contributed by atoms with E-state index < -0.39 is 0 Å². The molecule has 1 heterocycles. The van der Waals surface area contributed by atoms with Crippen molar-refractivity contribution in [2.75, 3.05) is 28.2 Å². The molecule has 0 saturated carbocycles. The molecule has 0 bridgehead atoms. The monoisotopic (exact) mass is 316 g/mol. The molecule has 0 atom stereocenters. The number of aliphatic imine (C=N–C) groups is 1. The van der Waals surface area contributed by atoms with E-state index in [4.69, 9.17) is 4.74 Å². The third-order valence-corrected chi connectivity index (χ3v) is 3.04. The van der Waals surface area contributed by atoms with E-state index in [1.807, 2.05) is 50.1 Å². The molecule has 122 valence electrons. The molecule has 2 aromatic rings. The van der Waals surface area contributed by atoms with Crippen LogP contribution in [0.25, 0.3) is 0 Å². The van der Waals surface area contributed by atoms with Gasteiger partial charge in [-0.15, -0.1) is 0 Å². The number of benzene rings is 1. The van der Waals surface area contributed by atoms with Crippen LogP contribution < -0.4 is 4.74 Å². The first-order valence-corrected chi connectivity index (χ1v) is 7.23. The van der Waals surface area contributed by atoms with Gasteiger partial charge in [0.25, 0.3) is 0 Å². The normalized spacial score (nSPS) is 10.1. The first-order valence-electron chi connectivity index (χ1n) is 7.23. The molecule has 0 aliphatic carbocycles. The zero-order chi connectivity index (χ0) is 16.8. The van der Waals surface area contributed by atoms with Gasteiger partial charge in [0.2, 0.25) is 5.88 Å². The summed E-state index contributed by atoms with van der Waals surface area (Å²) in [4.78, 5) is 12.7. The van der Waals surface area contributed by atoms with Gasteiger partial charge in [-0.1, -0.05) is 0 Å². The molecule has 23 heavy (non-hydrogen) atoms. The van der Waals surface area contributed by atoms with Crippen LogP contribution in [0.5, 0.6) is 11.6 Å². The lowest BCUT2D eigenvalue weighted by Crippen LogP contribution is -2.35. The Morgan fingerprint density at radius 3 is 2.35 bits per heavy atom. The van der Waals surface area contributed by atoms with E-state index >= 15 is 0 Å². The summed E-state index contributed by atoms with van der Waals surface area (Å²) in [5.74, 6) is 1.58. The van der Waals surface area contributed by atoms with E-state index in [-0.39, 0.29) is 5.82 Å². The third-order valence-electron chi connectivity index (χ3n) is 3.04. The first kappa shape index (κ1) is 16.7. The number of hydrogen-bond donors (Lipinski definition) is 0. The van der Waals surface area contributed by atoms with Crippen LogP contribution in [-0.4, -0.2) is 48.9 Å². The van der Waals surface area contributed by atoms with E-state index in [1.54, 1.807) is 18.3 Å². The molecule has 5 nitrogen and oxygen atoms in total. The number of rotatable bonds is 4. The average Bonchev–Trinajstić information content (AvgIpc) is 2.49. The van der Waals surface area contributed by atoms with Crippen molar-refractivity contribution in [3.8, 4) is 11.6 Å². The Labute approximate surface area is 136 Å². The minimum Gasteiger partial charge on any atom is -0.439 e. The fourth-order valence-electron chi connectivity index (χ4n) is 2.07. The van der Waals surface area contributed by atoms with Gasteiger partial charge in [0.15, 0.2) is 5.96 Å².